The van der Waals surface area contributed by atoms with Crippen LogP contribution in [0, 0.1) is 0 Å². The monoisotopic (exact) mass is 667 g/mol. The molecule has 4 heterocycles. The van der Waals surface area contributed by atoms with Gasteiger partial charge in [-0.25, -0.2) is 14.3 Å². The van der Waals surface area contributed by atoms with Crippen molar-refractivity contribution in [3.63, 3.8) is 0 Å². The number of pyridine rings is 1. The molecular formula is C34H31N6O5S2+. The number of nitrogens with two attached hydrogens (primary N) is 1. The highest BCUT2D eigenvalue weighted by Gasteiger charge is 2.54. The maximum Gasteiger partial charge on any atom is 0.356 e. The molecule has 0 spiro atoms. The molecule has 2 aromatic carbocycles. The molecule has 13 heteroatoms. The minimum absolute atomic E-state index is 0.104. The molecule has 2 aliphatic heterocycles. The Labute approximate surface area is 279 Å². The molecule has 238 valence electrons. The molecule has 2 aliphatic rings. The molecule has 2 aromatic heterocycles. The number of nitrogens with one attached hydrogen (secondary N) is 1. The van der Waals surface area contributed by atoms with Crippen LogP contribution in [0.15, 0.2) is 120 Å². The van der Waals surface area contributed by atoms with Gasteiger partial charge in [-0.3, -0.25) is 14.5 Å². The van der Waals surface area contributed by atoms with E-state index in [9.17, 15) is 14.4 Å². The predicted molar refractivity (Wildman–Crippen MR) is 179 cm³/mol. The Bertz CT molecular complexity index is 1840. The molecule has 1 saturated heterocycles. The Hall–Kier alpha value is -5.27. The van der Waals surface area contributed by atoms with Crippen LogP contribution in [0.3, 0.4) is 0 Å². The number of ether oxygens (including phenoxy) is 1. The Kier molecular flexibility index (Phi) is 9.45. The zero-order valence-electron chi connectivity index (χ0n) is 25.3. The number of aromatic nitrogens is 2. The zero-order valence-corrected chi connectivity index (χ0v) is 26.9. The predicted octanol–water partition coefficient (Wildman–Crippen LogP) is 3.64. The summed E-state index contributed by atoms with van der Waals surface area (Å²) in [4.78, 5) is 52.2. The Morgan fingerprint density at radius 2 is 1.85 bits per heavy atom. The summed E-state index contributed by atoms with van der Waals surface area (Å²) in [5.41, 5.74) is 9.01. The van der Waals surface area contributed by atoms with E-state index in [-0.39, 0.29) is 28.8 Å². The quantitative estimate of drug-likeness (QED) is 0.0813. The molecule has 11 nitrogen and oxygen atoms in total. The number of esters is 1. The number of benzene rings is 2. The summed E-state index contributed by atoms with van der Waals surface area (Å²) in [6.45, 7) is 3.97. The number of aryl methyl sites for hydroxylation is 1. The van der Waals surface area contributed by atoms with E-state index < -0.39 is 35.3 Å². The number of β-lactam (4-membered cyclic amide) rings is 1. The van der Waals surface area contributed by atoms with Gasteiger partial charge in [-0.05, 0) is 22.8 Å². The van der Waals surface area contributed by atoms with Gasteiger partial charge in [-0.15, -0.1) is 23.1 Å². The van der Waals surface area contributed by atoms with Crippen LogP contribution in [0.4, 0.5) is 5.13 Å². The zero-order chi connectivity index (χ0) is 32.9. The number of thioether (sulfide) groups is 1. The first-order chi connectivity index (χ1) is 22.8. The van der Waals surface area contributed by atoms with Gasteiger partial charge in [0, 0.05) is 17.2 Å². The lowest BCUT2D eigenvalue weighted by molar-refractivity contribution is -0.672. The van der Waals surface area contributed by atoms with Gasteiger partial charge in [0.25, 0.3) is 11.8 Å². The van der Waals surface area contributed by atoms with Gasteiger partial charge >= 0.3 is 5.97 Å². The minimum atomic E-state index is -0.935. The third-order valence-corrected chi connectivity index (χ3v) is 9.50. The molecule has 0 radical (unpaired) electrons. The van der Waals surface area contributed by atoms with Crippen LogP contribution in [0.5, 0.6) is 0 Å². The molecule has 3 N–H and O–H groups in total. The van der Waals surface area contributed by atoms with Crippen molar-refractivity contribution in [3.8, 4) is 0 Å². The highest BCUT2D eigenvalue weighted by Crippen LogP contribution is 2.42. The van der Waals surface area contributed by atoms with Gasteiger partial charge in [0.2, 0.25) is 0 Å². The van der Waals surface area contributed by atoms with E-state index in [1.54, 1.807) is 11.5 Å². The molecule has 4 aromatic rings. The molecular weight excluding hydrogens is 637 g/mol. The number of fused-ring (bicyclic) bond motifs is 1. The summed E-state index contributed by atoms with van der Waals surface area (Å²) >= 11 is 2.55. The maximum atomic E-state index is 13.9. The number of allylic oxidation sites excluding steroid dienone is 1. The fourth-order valence-corrected chi connectivity index (χ4v) is 7.14. The fourth-order valence-electron chi connectivity index (χ4n) is 5.25. The van der Waals surface area contributed by atoms with Crippen LogP contribution >= 0.6 is 23.1 Å². The Balaban J connectivity index is 1.20. The first kappa shape index (κ1) is 31.7. The van der Waals surface area contributed by atoms with E-state index >= 15 is 0 Å². The van der Waals surface area contributed by atoms with Crippen molar-refractivity contribution in [2.24, 2.45) is 12.2 Å². The molecule has 47 heavy (non-hydrogen) atoms. The summed E-state index contributed by atoms with van der Waals surface area (Å²) < 4.78 is 7.97. The summed E-state index contributed by atoms with van der Waals surface area (Å²) in [5.74, 6) is -1.41. The smallest absolute Gasteiger partial charge is 0.356 e. The molecule has 0 saturated carbocycles. The van der Waals surface area contributed by atoms with Crippen molar-refractivity contribution in [1.82, 2.24) is 15.2 Å². The minimum Gasteiger partial charge on any atom is -0.448 e. The lowest BCUT2D eigenvalue weighted by Gasteiger charge is -2.49. The number of oxime groups is 1. The molecule has 0 bridgehead atoms. The van der Waals surface area contributed by atoms with Gasteiger partial charge < -0.3 is 20.6 Å². The second kappa shape index (κ2) is 14.0. The molecule has 6 rings (SSSR count). The normalized spacial score (nSPS) is 17.5. The third-order valence-electron chi connectivity index (χ3n) is 7.52. The maximum absolute atomic E-state index is 13.9. The van der Waals surface area contributed by atoms with E-state index in [0.717, 1.165) is 28.0 Å². The average Bonchev–Trinajstić information content (AvgIpc) is 3.53. The van der Waals surface area contributed by atoms with Gasteiger partial charge in [-0.1, -0.05) is 78.5 Å². The van der Waals surface area contributed by atoms with Crippen molar-refractivity contribution < 1.29 is 28.5 Å². The highest BCUT2D eigenvalue weighted by atomic mass is 32.2. The first-order valence-electron chi connectivity index (χ1n) is 14.6. The van der Waals surface area contributed by atoms with Crippen molar-refractivity contribution >= 4 is 51.7 Å². The number of thiazole rings is 1. The van der Waals surface area contributed by atoms with Crippen LogP contribution in [-0.2, 0) is 37.6 Å². The van der Waals surface area contributed by atoms with E-state index in [4.69, 9.17) is 15.3 Å². The van der Waals surface area contributed by atoms with Crippen molar-refractivity contribution in [1.29, 1.82) is 0 Å². The van der Waals surface area contributed by atoms with Crippen molar-refractivity contribution in [3.05, 3.63) is 137 Å². The number of hydrogen-bond donors (Lipinski definition) is 2. The lowest BCUT2D eigenvalue weighted by Crippen LogP contribution is -2.71. The second-order valence-corrected chi connectivity index (χ2v) is 12.7. The molecule has 0 aliphatic carbocycles. The van der Waals surface area contributed by atoms with Gasteiger partial charge in [0.1, 0.15) is 36.5 Å². The van der Waals surface area contributed by atoms with Crippen LogP contribution in [-0.4, -0.2) is 50.5 Å². The lowest BCUT2D eigenvalue weighted by atomic mass is 10.0. The van der Waals surface area contributed by atoms with E-state index in [0.29, 0.717) is 11.3 Å². The molecule has 1 unspecified atom stereocenters. The number of rotatable bonds is 11. The number of carbonyl (C=O) groups is 3. The molecule has 1 fully saturated rings. The number of carbonyl (C=O) groups excluding carboxylic acids is 3. The van der Waals surface area contributed by atoms with Crippen LogP contribution in [0.2, 0.25) is 0 Å². The average molecular weight is 668 g/mol. The van der Waals surface area contributed by atoms with Crippen LogP contribution < -0.4 is 15.6 Å². The molecule has 2 amide bonds. The summed E-state index contributed by atoms with van der Waals surface area (Å²) in [6.07, 6.45) is 4.61. The number of hydrogen-bond acceptors (Lipinski definition) is 10. The summed E-state index contributed by atoms with van der Waals surface area (Å²) in [7, 11) is 1.88. The first-order valence-corrected chi connectivity index (χ1v) is 16.5. The number of amides is 2. The van der Waals surface area contributed by atoms with Gasteiger partial charge in [-0.2, -0.15) is 0 Å². The van der Waals surface area contributed by atoms with Crippen molar-refractivity contribution in [2.45, 2.75) is 24.1 Å². The SMILES string of the molecule is C=CC1=C(C(=O)OC(c2ccccc2)c2ccccc2)N2C(=O)C(NC(=O)C(=NOCc3ccc[n+](C)c3)c3csc(N)n3)[C@@H]2SC1. The Morgan fingerprint density at radius 1 is 1.15 bits per heavy atom. The van der Waals surface area contributed by atoms with Crippen LogP contribution in [0.25, 0.3) is 0 Å². The topological polar surface area (TPSA) is 140 Å². The van der Waals surface area contributed by atoms with Gasteiger partial charge in [0.05, 0.1) is 5.56 Å². The standard InChI is InChI=1S/C34H30N6O5S2/c1-3-22-19-46-32-27(37-30(41)26(25-20-47-34(35)36-25)38-44-18-21-11-10-16-39(2)17-21)31(42)40(32)28(22)33(43)45-29(23-12-6-4-7-13-23)24-14-8-5-9-15-24/h3-17,20,27,29,32H,1,18-19H2,2H3,(H2-,35,36,37,41)/p+1/t27?,32-/m0/s1. The summed E-state index contributed by atoms with van der Waals surface area (Å²) in [5, 5.41) is 8.14. The van der Waals surface area contributed by atoms with E-state index in [1.807, 2.05) is 96.8 Å². The van der Waals surface area contributed by atoms with E-state index in [1.165, 1.54) is 16.7 Å². The number of nitrogen functional groups attached to an aromatic ring is 1. The highest BCUT2D eigenvalue weighted by molar-refractivity contribution is 8.00. The van der Waals surface area contributed by atoms with Gasteiger partial charge in [0.15, 0.2) is 29.3 Å². The summed E-state index contributed by atoms with van der Waals surface area (Å²) in [6, 6.07) is 21.6. The Morgan fingerprint density at radius 3 is 2.47 bits per heavy atom. The van der Waals surface area contributed by atoms with Crippen molar-refractivity contribution in [2.75, 3.05) is 11.5 Å². The third kappa shape index (κ3) is 6.81. The van der Waals surface area contributed by atoms with E-state index in [2.05, 4.69) is 22.0 Å². The largest absolute Gasteiger partial charge is 0.448 e. The van der Waals surface area contributed by atoms with Crippen LogP contribution in [0.1, 0.15) is 28.5 Å². The fraction of sp³-hybridized carbons (Fsp3) is 0.176. The number of anilines is 1. The second-order valence-electron chi connectivity index (χ2n) is 10.7. The molecule has 2 atom stereocenters. The number of nitrogens with zero attached hydrogens (tertiary/aromatic N) is 4.